The van der Waals surface area contributed by atoms with Crippen LogP contribution in [0.5, 0.6) is 0 Å². The number of rotatable bonds is 5. The highest BCUT2D eigenvalue weighted by Gasteiger charge is 2.34. The molecule has 2 rings (SSSR count). The lowest BCUT2D eigenvalue weighted by Crippen LogP contribution is -2.42. The minimum Gasteiger partial charge on any atom is -0.381 e. The Balaban J connectivity index is 2.26. The summed E-state index contributed by atoms with van der Waals surface area (Å²) >= 11 is 3.70. The molecule has 1 N–H and O–H groups in total. The second-order valence-corrected chi connectivity index (χ2v) is 6.32. The SMILES string of the molecule is CCn1nc(C)c(Br)c1CC1(CNC)CCCOC1. The Kier molecular flexibility index (Phi) is 5.03. The number of aromatic nitrogens is 2. The zero-order chi connectivity index (χ0) is 13.9. The molecule has 1 unspecified atom stereocenters. The molecule has 1 aromatic heterocycles. The van der Waals surface area contributed by atoms with Crippen LogP contribution in [0, 0.1) is 12.3 Å². The summed E-state index contributed by atoms with van der Waals surface area (Å²) in [6.45, 7) is 7.85. The molecule has 1 fully saturated rings. The minimum atomic E-state index is 0.203. The Morgan fingerprint density at radius 1 is 1.53 bits per heavy atom. The van der Waals surface area contributed by atoms with Gasteiger partial charge in [0.25, 0.3) is 0 Å². The summed E-state index contributed by atoms with van der Waals surface area (Å²) in [5.74, 6) is 0. The number of hydrogen-bond acceptors (Lipinski definition) is 3. The van der Waals surface area contributed by atoms with Crippen LogP contribution in [0.25, 0.3) is 0 Å². The van der Waals surface area contributed by atoms with E-state index in [4.69, 9.17) is 4.74 Å². The molecule has 1 atom stereocenters. The minimum absolute atomic E-state index is 0.203. The molecular weight excluding hydrogens is 306 g/mol. The van der Waals surface area contributed by atoms with Gasteiger partial charge in [0.1, 0.15) is 0 Å². The van der Waals surface area contributed by atoms with Crippen molar-refractivity contribution in [2.75, 3.05) is 26.8 Å². The molecule has 19 heavy (non-hydrogen) atoms. The normalized spacial score (nSPS) is 23.8. The maximum atomic E-state index is 5.75. The summed E-state index contributed by atoms with van der Waals surface area (Å²) in [5.41, 5.74) is 2.59. The first-order chi connectivity index (χ1) is 9.12. The highest BCUT2D eigenvalue weighted by Crippen LogP contribution is 2.35. The summed E-state index contributed by atoms with van der Waals surface area (Å²) in [6, 6.07) is 0. The van der Waals surface area contributed by atoms with E-state index in [0.29, 0.717) is 0 Å². The van der Waals surface area contributed by atoms with Crippen molar-refractivity contribution in [1.82, 2.24) is 15.1 Å². The van der Waals surface area contributed by atoms with Crippen LogP contribution >= 0.6 is 15.9 Å². The maximum Gasteiger partial charge on any atom is 0.0738 e. The highest BCUT2D eigenvalue weighted by atomic mass is 79.9. The van der Waals surface area contributed by atoms with E-state index >= 15 is 0 Å². The number of nitrogens with zero attached hydrogens (tertiary/aromatic N) is 2. The lowest BCUT2D eigenvalue weighted by Gasteiger charge is -2.37. The molecule has 1 aliphatic rings. The Bertz CT molecular complexity index is 419. The van der Waals surface area contributed by atoms with Crippen molar-refractivity contribution >= 4 is 15.9 Å². The third-order valence-electron chi connectivity index (χ3n) is 3.95. The Morgan fingerprint density at radius 3 is 2.89 bits per heavy atom. The summed E-state index contributed by atoms with van der Waals surface area (Å²) in [6.07, 6.45) is 3.38. The van der Waals surface area contributed by atoms with E-state index in [-0.39, 0.29) is 5.41 Å². The monoisotopic (exact) mass is 329 g/mol. The van der Waals surface area contributed by atoms with Crippen molar-refractivity contribution in [3.05, 3.63) is 15.9 Å². The molecule has 4 nitrogen and oxygen atoms in total. The van der Waals surface area contributed by atoms with Crippen molar-refractivity contribution in [1.29, 1.82) is 0 Å². The van der Waals surface area contributed by atoms with E-state index in [1.807, 2.05) is 7.05 Å². The van der Waals surface area contributed by atoms with Gasteiger partial charge in [-0.15, -0.1) is 0 Å². The van der Waals surface area contributed by atoms with Crippen molar-refractivity contribution in [3.63, 3.8) is 0 Å². The van der Waals surface area contributed by atoms with Gasteiger partial charge in [-0.3, -0.25) is 4.68 Å². The molecule has 2 heterocycles. The quantitative estimate of drug-likeness (QED) is 0.902. The number of aryl methyl sites for hydroxylation is 2. The van der Waals surface area contributed by atoms with Crippen molar-refractivity contribution in [2.24, 2.45) is 5.41 Å². The molecule has 0 bridgehead atoms. The van der Waals surface area contributed by atoms with Gasteiger partial charge < -0.3 is 10.1 Å². The zero-order valence-electron chi connectivity index (χ0n) is 12.1. The molecule has 0 saturated carbocycles. The summed E-state index contributed by atoms with van der Waals surface area (Å²) in [5, 5.41) is 7.93. The van der Waals surface area contributed by atoms with Gasteiger partial charge in [-0.25, -0.2) is 0 Å². The molecule has 5 heteroatoms. The van der Waals surface area contributed by atoms with Crippen molar-refractivity contribution in [3.8, 4) is 0 Å². The molecular formula is C14H24BrN3O. The van der Waals surface area contributed by atoms with Crippen LogP contribution in [0.3, 0.4) is 0 Å². The van der Waals surface area contributed by atoms with Crippen LogP contribution in [-0.2, 0) is 17.7 Å². The van der Waals surface area contributed by atoms with Gasteiger partial charge in [0.05, 0.1) is 22.5 Å². The first-order valence-electron chi connectivity index (χ1n) is 7.06. The Labute approximate surface area is 124 Å². The maximum absolute atomic E-state index is 5.75. The van der Waals surface area contributed by atoms with Crippen LogP contribution in [-0.4, -0.2) is 36.6 Å². The highest BCUT2D eigenvalue weighted by molar-refractivity contribution is 9.10. The predicted octanol–water partition coefficient (Wildman–Crippen LogP) is 2.53. The van der Waals surface area contributed by atoms with Crippen LogP contribution in [0.1, 0.15) is 31.2 Å². The third kappa shape index (κ3) is 3.20. The molecule has 0 aliphatic carbocycles. The molecule has 108 valence electrons. The number of nitrogens with one attached hydrogen (secondary N) is 1. The standard InChI is InChI=1S/C14H24BrN3O/c1-4-18-12(13(15)11(2)17-18)8-14(9-16-3)6-5-7-19-10-14/h16H,4-10H2,1-3H3. The molecule has 1 aromatic rings. The smallest absolute Gasteiger partial charge is 0.0738 e. The van der Waals surface area contributed by atoms with Gasteiger partial charge in [0, 0.05) is 25.1 Å². The lowest BCUT2D eigenvalue weighted by molar-refractivity contribution is -0.00730. The van der Waals surface area contributed by atoms with Crippen LogP contribution in [0.4, 0.5) is 0 Å². The van der Waals surface area contributed by atoms with Gasteiger partial charge in [-0.05, 0) is 56.1 Å². The average molecular weight is 330 g/mol. The fraction of sp³-hybridized carbons (Fsp3) is 0.786. The molecule has 1 saturated heterocycles. The van der Waals surface area contributed by atoms with E-state index in [1.54, 1.807) is 0 Å². The fourth-order valence-corrected chi connectivity index (χ4v) is 3.44. The van der Waals surface area contributed by atoms with Crippen molar-refractivity contribution in [2.45, 2.75) is 39.7 Å². The van der Waals surface area contributed by atoms with Gasteiger partial charge in [0.2, 0.25) is 0 Å². The fourth-order valence-electron chi connectivity index (χ4n) is 3.02. The number of ether oxygens (including phenoxy) is 1. The van der Waals surface area contributed by atoms with E-state index in [0.717, 1.165) is 49.3 Å². The third-order valence-corrected chi connectivity index (χ3v) is 4.98. The van der Waals surface area contributed by atoms with E-state index in [2.05, 4.69) is 44.9 Å². The summed E-state index contributed by atoms with van der Waals surface area (Å²) in [7, 11) is 2.02. The second-order valence-electron chi connectivity index (χ2n) is 5.53. The molecule has 0 radical (unpaired) electrons. The largest absolute Gasteiger partial charge is 0.381 e. The van der Waals surface area contributed by atoms with E-state index in [1.165, 1.54) is 12.1 Å². The summed E-state index contributed by atoms with van der Waals surface area (Å²) in [4.78, 5) is 0. The first kappa shape index (κ1) is 15.0. The van der Waals surface area contributed by atoms with Crippen molar-refractivity contribution < 1.29 is 4.74 Å². The second kappa shape index (κ2) is 6.37. The van der Waals surface area contributed by atoms with Crippen LogP contribution in [0.15, 0.2) is 4.47 Å². The number of hydrogen-bond donors (Lipinski definition) is 1. The van der Waals surface area contributed by atoms with Gasteiger partial charge in [-0.2, -0.15) is 5.10 Å². The zero-order valence-corrected chi connectivity index (χ0v) is 13.7. The average Bonchev–Trinajstić information content (AvgIpc) is 2.68. The van der Waals surface area contributed by atoms with Gasteiger partial charge in [-0.1, -0.05) is 0 Å². The van der Waals surface area contributed by atoms with Gasteiger partial charge in [0.15, 0.2) is 0 Å². The van der Waals surface area contributed by atoms with Crippen LogP contribution in [0.2, 0.25) is 0 Å². The Hall–Kier alpha value is -0.390. The molecule has 0 amide bonds. The van der Waals surface area contributed by atoms with E-state index < -0.39 is 0 Å². The molecule has 0 spiro atoms. The topological polar surface area (TPSA) is 39.1 Å². The molecule has 0 aromatic carbocycles. The lowest BCUT2D eigenvalue weighted by atomic mass is 9.78. The molecule has 1 aliphatic heterocycles. The number of halogens is 1. The predicted molar refractivity (Wildman–Crippen MR) is 80.5 cm³/mol. The van der Waals surface area contributed by atoms with E-state index in [9.17, 15) is 0 Å². The van der Waals surface area contributed by atoms with Crippen LogP contribution < -0.4 is 5.32 Å². The Morgan fingerprint density at radius 2 is 2.32 bits per heavy atom. The van der Waals surface area contributed by atoms with Gasteiger partial charge >= 0.3 is 0 Å². The summed E-state index contributed by atoms with van der Waals surface area (Å²) < 4.78 is 9.02. The first-order valence-corrected chi connectivity index (χ1v) is 7.85.